The van der Waals surface area contributed by atoms with Gasteiger partial charge in [-0.3, -0.25) is 9.59 Å². The highest BCUT2D eigenvalue weighted by Crippen LogP contribution is 2.85. The normalized spacial score (nSPS) is 56.5. The van der Waals surface area contributed by atoms with Crippen molar-refractivity contribution >= 4 is 11.6 Å². The molecule has 0 radical (unpaired) electrons. The summed E-state index contributed by atoms with van der Waals surface area (Å²) in [7, 11) is 0. The molecule has 18 atom stereocenters. The lowest BCUT2D eigenvalue weighted by molar-refractivity contribution is -0.118. The summed E-state index contributed by atoms with van der Waals surface area (Å²) >= 11 is 0. The van der Waals surface area contributed by atoms with Crippen LogP contribution in [0.3, 0.4) is 0 Å². The van der Waals surface area contributed by atoms with Crippen molar-refractivity contribution in [2.45, 2.75) is 144 Å². The Morgan fingerprint density at radius 3 is 1.44 bits per heavy atom. The maximum absolute atomic E-state index is 11.9. The molecule has 0 aromatic rings. The van der Waals surface area contributed by atoms with Crippen LogP contribution in [0.15, 0.2) is 23.3 Å². The highest BCUT2D eigenvalue weighted by Gasteiger charge is 2.79. The Balaban J connectivity index is 0.000000131. The number of carbonyl (C=O) groups is 2. The average molecular weight is 657 g/mol. The van der Waals surface area contributed by atoms with Crippen molar-refractivity contribution in [3.63, 3.8) is 0 Å². The third kappa shape index (κ3) is 4.09. The van der Waals surface area contributed by atoms with Crippen LogP contribution in [0.25, 0.3) is 0 Å². The number of carbonyl (C=O) groups excluding carboxylic acids is 2. The fourth-order valence-electron chi connectivity index (χ4n) is 17.3. The lowest BCUT2D eigenvalue weighted by Crippen LogP contribution is -2.53. The van der Waals surface area contributed by atoms with Gasteiger partial charge in [0, 0.05) is 12.8 Å². The van der Waals surface area contributed by atoms with E-state index < -0.39 is 0 Å². The van der Waals surface area contributed by atoms with E-state index in [1.54, 1.807) is 0 Å². The van der Waals surface area contributed by atoms with Crippen LogP contribution in [0.4, 0.5) is 0 Å². The highest BCUT2D eigenvalue weighted by atomic mass is 16.3. The zero-order chi connectivity index (χ0) is 33.7. The first-order valence-electron chi connectivity index (χ1n) is 20.6. The van der Waals surface area contributed by atoms with Gasteiger partial charge < -0.3 is 10.2 Å². The molecule has 10 aliphatic carbocycles. The van der Waals surface area contributed by atoms with Gasteiger partial charge in [0.05, 0.1) is 12.2 Å². The molecule has 0 bridgehead atoms. The van der Waals surface area contributed by atoms with Crippen LogP contribution < -0.4 is 0 Å². The van der Waals surface area contributed by atoms with Crippen molar-refractivity contribution < 1.29 is 19.8 Å². The predicted octanol–water partition coefficient (Wildman–Crippen LogP) is 8.74. The van der Waals surface area contributed by atoms with E-state index >= 15 is 0 Å². The van der Waals surface area contributed by atoms with E-state index in [2.05, 4.69) is 27.7 Å². The minimum Gasteiger partial charge on any atom is -0.393 e. The van der Waals surface area contributed by atoms with Gasteiger partial charge in [0.1, 0.15) is 0 Å². The minimum absolute atomic E-state index is 0.155. The Labute approximate surface area is 290 Å². The minimum atomic E-state index is -0.155. The summed E-state index contributed by atoms with van der Waals surface area (Å²) in [6.07, 6.45) is 20.4. The molecule has 264 valence electrons. The van der Waals surface area contributed by atoms with Crippen molar-refractivity contribution in [2.75, 3.05) is 0 Å². The van der Waals surface area contributed by atoms with Gasteiger partial charge >= 0.3 is 0 Å². The van der Waals surface area contributed by atoms with Gasteiger partial charge in [-0.05, 0) is 196 Å². The third-order valence-corrected chi connectivity index (χ3v) is 18.8. The predicted molar refractivity (Wildman–Crippen MR) is 188 cm³/mol. The molecule has 0 aromatic carbocycles. The summed E-state index contributed by atoms with van der Waals surface area (Å²) in [5.41, 5.74) is 4.72. The molecular weight excluding hydrogens is 592 g/mol. The number of ketones is 2. The van der Waals surface area contributed by atoms with Gasteiger partial charge in [-0.25, -0.2) is 0 Å². The van der Waals surface area contributed by atoms with Crippen molar-refractivity contribution in [1.29, 1.82) is 0 Å². The summed E-state index contributed by atoms with van der Waals surface area (Å²) in [4.78, 5) is 23.8. The molecule has 0 aliphatic heterocycles. The Hall–Kier alpha value is -1.26. The second-order valence-corrected chi connectivity index (χ2v) is 20.4. The third-order valence-electron chi connectivity index (χ3n) is 18.8. The van der Waals surface area contributed by atoms with Crippen molar-refractivity contribution in [3.05, 3.63) is 23.3 Å². The fourth-order valence-corrected chi connectivity index (χ4v) is 17.3. The first kappa shape index (κ1) is 32.6. The van der Waals surface area contributed by atoms with E-state index in [0.717, 1.165) is 74.0 Å². The Morgan fingerprint density at radius 1 is 0.667 bits per heavy atom. The highest BCUT2D eigenvalue weighted by molar-refractivity contribution is 5.91. The maximum atomic E-state index is 11.9. The molecule has 0 heterocycles. The zero-order valence-corrected chi connectivity index (χ0v) is 30.8. The quantitative estimate of drug-likeness (QED) is 0.312. The van der Waals surface area contributed by atoms with Gasteiger partial charge in [0.2, 0.25) is 0 Å². The van der Waals surface area contributed by atoms with E-state index in [-0.39, 0.29) is 12.2 Å². The van der Waals surface area contributed by atoms with E-state index in [1.165, 1.54) is 62.5 Å². The second-order valence-electron chi connectivity index (χ2n) is 20.4. The first-order chi connectivity index (χ1) is 22.8. The molecule has 2 N–H and O–H groups in total. The van der Waals surface area contributed by atoms with E-state index in [9.17, 15) is 19.8 Å². The molecular formula is C44H64O4. The number of aliphatic hydroxyl groups is 2. The van der Waals surface area contributed by atoms with E-state index in [1.807, 2.05) is 26.0 Å². The second kappa shape index (κ2) is 10.6. The SMILES string of the molecule is C[C@@H]1CC2=CC(=O)CC[C@@H]2[C@H]2CC[C@]3(C)[C@H]([C@@H](C)O)C[C@H]4C[C@]43[C@@H]21.C[C@H](O)[C@@H]1C[C@H]2C[C@]23[C@H]2[C@H](CC[C@]13C)[C@H]1CCC(=O)C=C1C[C@H]2C. The molecule has 48 heavy (non-hydrogen) atoms. The van der Waals surface area contributed by atoms with Gasteiger partial charge in [0.15, 0.2) is 11.6 Å². The standard InChI is InChI=1S/2C22H32O2/c2*1-12-8-14-9-16(24)4-5-17(14)18-6-7-21(3)19(13(2)23)10-15-11-22(15,21)20(12)18/h2*9,12-13,15,17-20,23H,4-8,10-11H2,1-3H3/t12-,13+,15+,17+,18-,19+,20-,21-,22-;12-,13-,15+,17+,18-,19+,20-,21-,22-/m11/s1. The van der Waals surface area contributed by atoms with Crippen LogP contribution in [-0.4, -0.2) is 34.0 Å². The van der Waals surface area contributed by atoms with E-state index in [0.29, 0.717) is 68.7 Å². The fraction of sp³-hybridized carbons (Fsp3) is 0.864. The number of allylic oxidation sites excluding steroid dienone is 2. The van der Waals surface area contributed by atoms with Crippen LogP contribution in [-0.2, 0) is 9.59 Å². The molecule has 4 nitrogen and oxygen atoms in total. The van der Waals surface area contributed by atoms with Crippen molar-refractivity contribution in [2.24, 2.45) is 92.7 Å². The Kier molecular flexibility index (Phi) is 7.24. The molecule has 8 fully saturated rings. The van der Waals surface area contributed by atoms with Crippen LogP contribution in [0.2, 0.25) is 0 Å². The van der Waals surface area contributed by atoms with Crippen LogP contribution >= 0.6 is 0 Å². The van der Waals surface area contributed by atoms with Gasteiger partial charge in [0.25, 0.3) is 0 Å². The van der Waals surface area contributed by atoms with Crippen molar-refractivity contribution in [1.82, 2.24) is 0 Å². The topological polar surface area (TPSA) is 74.6 Å². The summed E-state index contributed by atoms with van der Waals surface area (Å²) in [5, 5.41) is 20.8. The number of hydrogen-bond donors (Lipinski definition) is 2. The average Bonchev–Trinajstić information content (AvgIpc) is 3.89. The molecule has 0 saturated heterocycles. The first-order valence-corrected chi connectivity index (χ1v) is 20.6. The molecule has 4 heteroatoms. The summed E-state index contributed by atoms with van der Waals surface area (Å²) in [5.74, 6) is 9.56. The summed E-state index contributed by atoms with van der Waals surface area (Å²) < 4.78 is 0. The van der Waals surface area contributed by atoms with Crippen LogP contribution in [0.5, 0.6) is 0 Å². The number of fused-ring (bicyclic) bond motifs is 6. The van der Waals surface area contributed by atoms with Crippen molar-refractivity contribution in [3.8, 4) is 0 Å². The molecule has 0 unspecified atom stereocenters. The smallest absolute Gasteiger partial charge is 0.155 e. The molecule has 0 aromatic heterocycles. The molecule has 10 aliphatic rings. The summed E-state index contributed by atoms with van der Waals surface area (Å²) in [6, 6.07) is 0. The Morgan fingerprint density at radius 2 is 1.06 bits per heavy atom. The summed E-state index contributed by atoms with van der Waals surface area (Å²) in [6.45, 7) is 14.0. The van der Waals surface area contributed by atoms with Gasteiger partial charge in [-0.15, -0.1) is 0 Å². The lowest BCUT2D eigenvalue weighted by Gasteiger charge is -2.58. The molecule has 0 amide bonds. The van der Waals surface area contributed by atoms with Gasteiger partial charge in [-0.2, -0.15) is 0 Å². The largest absolute Gasteiger partial charge is 0.393 e. The lowest BCUT2D eigenvalue weighted by atomic mass is 9.46. The monoisotopic (exact) mass is 656 g/mol. The molecule has 2 spiro atoms. The molecule has 8 saturated carbocycles. The number of aliphatic hydroxyl groups excluding tert-OH is 2. The van der Waals surface area contributed by atoms with Gasteiger partial charge in [-0.1, -0.05) is 38.8 Å². The Bertz CT molecular complexity index is 1350. The van der Waals surface area contributed by atoms with E-state index in [4.69, 9.17) is 0 Å². The van der Waals surface area contributed by atoms with Crippen LogP contribution in [0, 0.1) is 92.7 Å². The zero-order valence-electron chi connectivity index (χ0n) is 30.8. The molecule has 10 rings (SSSR count). The maximum Gasteiger partial charge on any atom is 0.155 e. The van der Waals surface area contributed by atoms with Crippen LogP contribution in [0.1, 0.15) is 131 Å². The number of hydrogen-bond acceptors (Lipinski definition) is 4. The number of rotatable bonds is 2.